The lowest BCUT2D eigenvalue weighted by Crippen LogP contribution is -2.54. The summed E-state index contributed by atoms with van der Waals surface area (Å²) in [5, 5.41) is 3.49. The number of imidazole rings is 1. The van der Waals surface area contributed by atoms with Crippen LogP contribution in [0.3, 0.4) is 0 Å². The van der Waals surface area contributed by atoms with Gasteiger partial charge in [0.25, 0.3) is 0 Å². The van der Waals surface area contributed by atoms with Crippen LogP contribution in [0.15, 0.2) is 18.6 Å². The minimum Gasteiger partial charge on any atom is -0.349 e. The Hall–Kier alpha value is -1.62. The molecule has 5 heteroatoms. The molecule has 5 nitrogen and oxygen atoms in total. The second kappa shape index (κ2) is 4.24. The summed E-state index contributed by atoms with van der Waals surface area (Å²) in [4.78, 5) is 11.4. The van der Waals surface area contributed by atoms with Crippen LogP contribution in [0, 0.1) is 0 Å². The van der Waals surface area contributed by atoms with Gasteiger partial charge in [0.1, 0.15) is 5.52 Å². The topological polar surface area (TPSA) is 46.0 Å². The van der Waals surface area contributed by atoms with E-state index < -0.39 is 0 Å². The summed E-state index contributed by atoms with van der Waals surface area (Å²) in [6.07, 6.45) is 3.73. The maximum Gasteiger partial charge on any atom is 0.157 e. The van der Waals surface area contributed by atoms with E-state index in [9.17, 15) is 0 Å². The maximum atomic E-state index is 4.55. The molecular formula is C13H19N5. The molecule has 1 saturated heterocycles. The standard InChI is InChI=1S/C13H19N5/c1-9-7-18(10(2)6-15-9)13-12-11(4-5-14-13)17(3)8-16-12/h4-5,8-10,15H,6-7H2,1-3H3. The van der Waals surface area contributed by atoms with Crippen LogP contribution in [-0.2, 0) is 7.05 Å². The molecule has 0 amide bonds. The van der Waals surface area contributed by atoms with Crippen molar-refractivity contribution >= 4 is 16.9 Å². The summed E-state index contributed by atoms with van der Waals surface area (Å²) >= 11 is 0. The summed E-state index contributed by atoms with van der Waals surface area (Å²) in [5.41, 5.74) is 2.14. The van der Waals surface area contributed by atoms with E-state index in [2.05, 4.69) is 34.0 Å². The number of pyridine rings is 1. The molecule has 3 heterocycles. The van der Waals surface area contributed by atoms with E-state index in [1.54, 1.807) is 0 Å². The molecule has 0 spiro atoms. The average Bonchev–Trinajstić information content (AvgIpc) is 2.75. The van der Waals surface area contributed by atoms with Crippen LogP contribution in [0.4, 0.5) is 5.82 Å². The van der Waals surface area contributed by atoms with Crippen LogP contribution in [0.25, 0.3) is 11.0 Å². The number of aryl methyl sites for hydroxylation is 1. The first-order valence-corrected chi connectivity index (χ1v) is 6.43. The second-order valence-corrected chi connectivity index (χ2v) is 5.17. The molecule has 1 aliphatic heterocycles. The summed E-state index contributed by atoms with van der Waals surface area (Å²) in [5.74, 6) is 1.01. The predicted octanol–water partition coefficient (Wildman–Crippen LogP) is 1.15. The Kier molecular flexibility index (Phi) is 2.70. The minimum absolute atomic E-state index is 0.446. The highest BCUT2D eigenvalue weighted by Crippen LogP contribution is 2.25. The lowest BCUT2D eigenvalue weighted by atomic mass is 10.1. The van der Waals surface area contributed by atoms with Gasteiger partial charge in [0.05, 0.1) is 11.8 Å². The molecule has 2 aromatic rings. The quantitative estimate of drug-likeness (QED) is 0.819. The van der Waals surface area contributed by atoms with Crippen LogP contribution in [0.2, 0.25) is 0 Å². The van der Waals surface area contributed by atoms with Gasteiger partial charge in [0.15, 0.2) is 5.82 Å². The number of nitrogens with zero attached hydrogens (tertiary/aromatic N) is 4. The Labute approximate surface area is 107 Å². The van der Waals surface area contributed by atoms with Crippen LogP contribution in [0.1, 0.15) is 13.8 Å². The van der Waals surface area contributed by atoms with Crippen molar-refractivity contribution in [3.05, 3.63) is 18.6 Å². The van der Waals surface area contributed by atoms with Crippen molar-refractivity contribution in [3.8, 4) is 0 Å². The van der Waals surface area contributed by atoms with Gasteiger partial charge in [-0.1, -0.05) is 0 Å². The summed E-state index contributed by atoms with van der Waals surface area (Å²) in [6.45, 7) is 6.40. The van der Waals surface area contributed by atoms with Gasteiger partial charge in [0.2, 0.25) is 0 Å². The Bertz CT molecular complexity index is 562. The maximum absolute atomic E-state index is 4.55. The fourth-order valence-electron chi connectivity index (χ4n) is 2.57. The Morgan fingerprint density at radius 1 is 1.33 bits per heavy atom. The number of anilines is 1. The zero-order chi connectivity index (χ0) is 12.7. The molecule has 1 fully saturated rings. The van der Waals surface area contributed by atoms with E-state index in [1.165, 1.54) is 0 Å². The van der Waals surface area contributed by atoms with Crippen molar-refractivity contribution in [2.45, 2.75) is 25.9 Å². The third-order valence-electron chi connectivity index (χ3n) is 3.66. The van der Waals surface area contributed by atoms with Gasteiger partial charge >= 0.3 is 0 Å². The monoisotopic (exact) mass is 245 g/mol. The normalized spacial score (nSPS) is 24.7. The number of hydrogen-bond acceptors (Lipinski definition) is 4. The van der Waals surface area contributed by atoms with Gasteiger partial charge in [-0.25, -0.2) is 9.97 Å². The zero-order valence-electron chi connectivity index (χ0n) is 11.1. The van der Waals surface area contributed by atoms with Gasteiger partial charge in [0, 0.05) is 38.4 Å². The Balaban J connectivity index is 2.07. The molecule has 1 N–H and O–H groups in total. The largest absolute Gasteiger partial charge is 0.349 e. The number of aromatic nitrogens is 3. The SMILES string of the molecule is CC1CN(c2nccc3c2ncn3C)C(C)CN1. The number of piperazine rings is 1. The second-order valence-electron chi connectivity index (χ2n) is 5.17. The third kappa shape index (κ3) is 1.75. The average molecular weight is 245 g/mol. The van der Waals surface area contributed by atoms with Crippen molar-refractivity contribution < 1.29 is 0 Å². The van der Waals surface area contributed by atoms with Gasteiger partial charge in [-0.2, -0.15) is 0 Å². The molecule has 0 aromatic carbocycles. The van der Waals surface area contributed by atoms with Gasteiger partial charge in [-0.15, -0.1) is 0 Å². The smallest absolute Gasteiger partial charge is 0.157 e. The highest BCUT2D eigenvalue weighted by molar-refractivity contribution is 5.86. The molecule has 0 radical (unpaired) electrons. The summed E-state index contributed by atoms with van der Waals surface area (Å²) < 4.78 is 2.04. The van der Waals surface area contributed by atoms with E-state index >= 15 is 0 Å². The number of rotatable bonds is 1. The van der Waals surface area contributed by atoms with Gasteiger partial charge in [-0.3, -0.25) is 0 Å². The third-order valence-corrected chi connectivity index (χ3v) is 3.66. The van der Waals surface area contributed by atoms with Crippen molar-refractivity contribution in [1.29, 1.82) is 0 Å². The number of hydrogen-bond donors (Lipinski definition) is 1. The Morgan fingerprint density at radius 2 is 2.17 bits per heavy atom. The van der Waals surface area contributed by atoms with Crippen LogP contribution in [-0.4, -0.2) is 39.7 Å². The van der Waals surface area contributed by atoms with Gasteiger partial charge in [-0.05, 0) is 19.9 Å². The molecule has 2 unspecified atom stereocenters. The highest BCUT2D eigenvalue weighted by atomic mass is 15.3. The van der Waals surface area contributed by atoms with E-state index in [0.29, 0.717) is 12.1 Å². The van der Waals surface area contributed by atoms with Crippen molar-refractivity contribution in [2.75, 3.05) is 18.0 Å². The van der Waals surface area contributed by atoms with E-state index in [4.69, 9.17) is 0 Å². The van der Waals surface area contributed by atoms with Crippen LogP contribution in [0.5, 0.6) is 0 Å². The molecule has 1 aliphatic rings. The summed E-state index contributed by atoms with van der Waals surface area (Å²) in [6, 6.07) is 2.95. The van der Waals surface area contributed by atoms with Crippen molar-refractivity contribution in [1.82, 2.24) is 19.9 Å². The van der Waals surface area contributed by atoms with Gasteiger partial charge < -0.3 is 14.8 Å². The Morgan fingerprint density at radius 3 is 3.00 bits per heavy atom. The number of nitrogens with one attached hydrogen (secondary N) is 1. The first kappa shape index (κ1) is 11.5. The molecule has 3 rings (SSSR count). The molecule has 0 bridgehead atoms. The lowest BCUT2D eigenvalue weighted by molar-refractivity contribution is 0.423. The van der Waals surface area contributed by atoms with Crippen LogP contribution >= 0.6 is 0 Å². The summed E-state index contributed by atoms with van der Waals surface area (Å²) in [7, 11) is 2.02. The van der Waals surface area contributed by atoms with E-state index in [0.717, 1.165) is 29.9 Å². The molecule has 18 heavy (non-hydrogen) atoms. The van der Waals surface area contributed by atoms with Crippen LogP contribution < -0.4 is 10.2 Å². The first-order valence-electron chi connectivity index (χ1n) is 6.43. The van der Waals surface area contributed by atoms with Crippen molar-refractivity contribution in [2.24, 2.45) is 7.05 Å². The molecule has 2 aromatic heterocycles. The zero-order valence-corrected chi connectivity index (χ0v) is 11.1. The molecule has 0 saturated carbocycles. The lowest BCUT2D eigenvalue weighted by Gasteiger charge is -2.38. The fraction of sp³-hybridized carbons (Fsp3) is 0.538. The van der Waals surface area contributed by atoms with E-state index in [-0.39, 0.29) is 0 Å². The minimum atomic E-state index is 0.446. The first-order chi connectivity index (χ1) is 8.66. The van der Waals surface area contributed by atoms with Crippen molar-refractivity contribution in [3.63, 3.8) is 0 Å². The molecule has 96 valence electrons. The molecule has 2 atom stereocenters. The predicted molar refractivity (Wildman–Crippen MR) is 72.8 cm³/mol. The molecule has 0 aliphatic carbocycles. The van der Waals surface area contributed by atoms with E-state index in [1.807, 2.05) is 30.2 Å². The number of fused-ring (bicyclic) bond motifs is 1. The fourth-order valence-corrected chi connectivity index (χ4v) is 2.57. The molecular weight excluding hydrogens is 226 g/mol. The highest BCUT2D eigenvalue weighted by Gasteiger charge is 2.25.